The Hall–Kier alpha value is -1.57. The van der Waals surface area contributed by atoms with Crippen LogP contribution in [-0.2, 0) is 10.2 Å². The third kappa shape index (κ3) is 2.04. The molecule has 2 atom stereocenters. The van der Waals surface area contributed by atoms with E-state index in [1.54, 1.807) is 6.08 Å². The molecule has 4 bridgehead atoms. The lowest BCUT2D eigenvalue weighted by atomic mass is 9.42. The Kier molecular flexibility index (Phi) is 3.18. The smallest absolute Gasteiger partial charge is 0.226 e. The van der Waals surface area contributed by atoms with Crippen molar-refractivity contribution >= 4 is 5.91 Å². The molecule has 0 unspecified atom stereocenters. The van der Waals surface area contributed by atoms with Gasteiger partial charge in [0.2, 0.25) is 5.91 Å². The summed E-state index contributed by atoms with van der Waals surface area (Å²) < 4.78 is 0. The molecule has 1 aromatic rings. The fourth-order valence-electron chi connectivity index (χ4n) is 6.01. The number of rotatable bonds is 4. The third-order valence-electron chi connectivity index (χ3n) is 6.34. The Balaban J connectivity index is 1.69. The van der Waals surface area contributed by atoms with Crippen LogP contribution in [0.2, 0.25) is 0 Å². The van der Waals surface area contributed by atoms with Crippen LogP contribution in [0.5, 0.6) is 0 Å². The molecular weight excluding hydrogens is 270 g/mol. The van der Waals surface area contributed by atoms with Gasteiger partial charge in [-0.25, -0.2) is 0 Å². The summed E-state index contributed by atoms with van der Waals surface area (Å²) in [6.45, 7) is 4.32. The molecular formula is C20H25NO. The molecule has 0 aliphatic heterocycles. The maximum atomic E-state index is 12.9. The van der Waals surface area contributed by atoms with Crippen LogP contribution >= 0.6 is 0 Å². The van der Waals surface area contributed by atoms with E-state index in [9.17, 15) is 4.79 Å². The molecule has 1 N–H and O–H groups in total. The number of benzene rings is 1. The first kappa shape index (κ1) is 14.0. The number of hydrogen-bond acceptors (Lipinski definition) is 1. The predicted octanol–water partition coefficient (Wildman–Crippen LogP) is 3.83. The lowest BCUT2D eigenvalue weighted by Crippen LogP contribution is -2.59. The summed E-state index contributed by atoms with van der Waals surface area (Å²) in [6, 6.07) is 11.0. The number of amides is 1. The topological polar surface area (TPSA) is 29.1 Å². The zero-order valence-corrected chi connectivity index (χ0v) is 13.2. The highest BCUT2D eigenvalue weighted by atomic mass is 16.2. The van der Waals surface area contributed by atoms with Crippen molar-refractivity contribution in [2.75, 3.05) is 6.54 Å². The lowest BCUT2D eigenvalue weighted by molar-refractivity contribution is -0.148. The second-order valence-electron chi connectivity index (χ2n) is 7.89. The molecule has 0 aromatic heterocycles. The predicted molar refractivity (Wildman–Crippen MR) is 88.4 cm³/mol. The molecule has 2 heteroatoms. The molecule has 2 nitrogen and oxygen atoms in total. The monoisotopic (exact) mass is 295 g/mol. The van der Waals surface area contributed by atoms with Crippen molar-refractivity contribution in [2.45, 2.75) is 43.9 Å². The van der Waals surface area contributed by atoms with E-state index in [2.05, 4.69) is 42.2 Å². The van der Waals surface area contributed by atoms with E-state index in [-0.39, 0.29) is 16.7 Å². The Morgan fingerprint density at radius 3 is 2.50 bits per heavy atom. The molecule has 5 rings (SSSR count). The molecule has 4 saturated carbocycles. The highest BCUT2D eigenvalue weighted by molar-refractivity contribution is 5.83. The SMILES string of the molecule is C=CCNC(=O)C12C[C@H]3C[C@H](C1)CC(c1ccccc1)(C3)C2. The first-order valence-corrected chi connectivity index (χ1v) is 8.61. The molecule has 1 amide bonds. The number of carbonyl (C=O) groups excluding carboxylic acids is 1. The Morgan fingerprint density at radius 1 is 1.18 bits per heavy atom. The van der Waals surface area contributed by atoms with Gasteiger partial charge in [0.05, 0.1) is 5.41 Å². The Labute approximate surface area is 133 Å². The van der Waals surface area contributed by atoms with Gasteiger partial charge in [0.15, 0.2) is 0 Å². The number of carbonyl (C=O) groups is 1. The van der Waals surface area contributed by atoms with E-state index in [4.69, 9.17) is 0 Å². The Morgan fingerprint density at radius 2 is 1.86 bits per heavy atom. The van der Waals surface area contributed by atoms with Crippen molar-refractivity contribution in [3.63, 3.8) is 0 Å². The van der Waals surface area contributed by atoms with E-state index in [0.717, 1.165) is 31.1 Å². The molecule has 4 fully saturated rings. The van der Waals surface area contributed by atoms with Crippen LogP contribution in [0.1, 0.15) is 44.1 Å². The van der Waals surface area contributed by atoms with Crippen molar-refractivity contribution in [1.29, 1.82) is 0 Å². The van der Waals surface area contributed by atoms with Crippen LogP contribution in [0.15, 0.2) is 43.0 Å². The molecule has 1 aromatic carbocycles. The minimum Gasteiger partial charge on any atom is -0.352 e. The average Bonchev–Trinajstić information content (AvgIpc) is 2.52. The zero-order valence-electron chi connectivity index (χ0n) is 13.2. The summed E-state index contributed by atoms with van der Waals surface area (Å²) >= 11 is 0. The summed E-state index contributed by atoms with van der Waals surface area (Å²) in [7, 11) is 0. The average molecular weight is 295 g/mol. The van der Waals surface area contributed by atoms with E-state index in [0.29, 0.717) is 6.54 Å². The van der Waals surface area contributed by atoms with E-state index in [1.165, 1.54) is 24.8 Å². The van der Waals surface area contributed by atoms with Gasteiger partial charge in [-0.1, -0.05) is 36.4 Å². The highest BCUT2D eigenvalue weighted by Crippen LogP contribution is 2.65. The Bertz CT molecular complexity index is 577. The van der Waals surface area contributed by atoms with Gasteiger partial charge < -0.3 is 5.32 Å². The quantitative estimate of drug-likeness (QED) is 0.840. The second kappa shape index (κ2) is 4.97. The fraction of sp³-hybridized carbons (Fsp3) is 0.550. The van der Waals surface area contributed by atoms with Gasteiger partial charge in [-0.05, 0) is 61.3 Å². The first-order chi connectivity index (χ1) is 10.7. The molecule has 0 spiro atoms. The first-order valence-electron chi connectivity index (χ1n) is 8.61. The van der Waals surface area contributed by atoms with Gasteiger partial charge in [0.1, 0.15) is 0 Å². The van der Waals surface area contributed by atoms with Gasteiger partial charge >= 0.3 is 0 Å². The van der Waals surface area contributed by atoms with Crippen molar-refractivity contribution < 1.29 is 4.79 Å². The molecule has 0 saturated heterocycles. The molecule has 4 aliphatic carbocycles. The minimum atomic E-state index is -0.122. The van der Waals surface area contributed by atoms with Crippen LogP contribution in [0.3, 0.4) is 0 Å². The van der Waals surface area contributed by atoms with Crippen LogP contribution in [-0.4, -0.2) is 12.5 Å². The van der Waals surface area contributed by atoms with E-state index >= 15 is 0 Å². The van der Waals surface area contributed by atoms with Crippen molar-refractivity contribution in [2.24, 2.45) is 17.3 Å². The molecule has 0 radical (unpaired) electrons. The zero-order chi connectivity index (χ0) is 15.2. The third-order valence-corrected chi connectivity index (χ3v) is 6.34. The van der Waals surface area contributed by atoms with Crippen molar-refractivity contribution in [1.82, 2.24) is 5.32 Å². The number of hydrogen-bond donors (Lipinski definition) is 1. The highest BCUT2D eigenvalue weighted by Gasteiger charge is 2.60. The standard InChI is InChI=1S/C20H25NO/c1-2-8-21-18(22)20-12-15-9-16(13-20)11-19(10-15,14-20)17-6-4-3-5-7-17/h2-7,15-16H,1,8-14H2,(H,21,22)/t15-,16-,19?,20?/m0/s1. The van der Waals surface area contributed by atoms with Crippen molar-refractivity contribution in [3.05, 3.63) is 48.6 Å². The molecule has 0 heterocycles. The van der Waals surface area contributed by atoms with Gasteiger partial charge in [0.25, 0.3) is 0 Å². The van der Waals surface area contributed by atoms with Gasteiger partial charge in [0, 0.05) is 6.54 Å². The molecule has 116 valence electrons. The minimum absolute atomic E-state index is 0.122. The normalized spacial score (nSPS) is 38.7. The van der Waals surface area contributed by atoms with Gasteiger partial charge in [-0.3, -0.25) is 4.79 Å². The van der Waals surface area contributed by atoms with E-state index in [1.807, 2.05) is 0 Å². The van der Waals surface area contributed by atoms with Crippen LogP contribution < -0.4 is 5.32 Å². The van der Waals surface area contributed by atoms with Crippen LogP contribution in [0.4, 0.5) is 0 Å². The van der Waals surface area contributed by atoms with E-state index < -0.39 is 0 Å². The maximum absolute atomic E-state index is 12.9. The summed E-state index contributed by atoms with van der Waals surface area (Å²) in [6.07, 6.45) is 8.92. The second-order valence-corrected chi connectivity index (χ2v) is 7.89. The fourth-order valence-corrected chi connectivity index (χ4v) is 6.01. The summed E-state index contributed by atoms with van der Waals surface area (Å²) in [4.78, 5) is 12.9. The summed E-state index contributed by atoms with van der Waals surface area (Å²) in [5.41, 5.74) is 1.59. The number of nitrogens with one attached hydrogen (secondary N) is 1. The van der Waals surface area contributed by atoms with Crippen LogP contribution in [0, 0.1) is 17.3 Å². The summed E-state index contributed by atoms with van der Waals surface area (Å²) in [5.74, 6) is 1.74. The lowest BCUT2D eigenvalue weighted by Gasteiger charge is -2.61. The van der Waals surface area contributed by atoms with Crippen molar-refractivity contribution in [3.8, 4) is 0 Å². The van der Waals surface area contributed by atoms with Gasteiger partial charge in [-0.15, -0.1) is 6.58 Å². The maximum Gasteiger partial charge on any atom is 0.226 e. The van der Waals surface area contributed by atoms with Gasteiger partial charge in [-0.2, -0.15) is 0 Å². The summed E-state index contributed by atoms with van der Waals surface area (Å²) in [5, 5.41) is 3.10. The molecule has 4 aliphatic rings. The molecule has 22 heavy (non-hydrogen) atoms. The van der Waals surface area contributed by atoms with Crippen LogP contribution in [0.25, 0.3) is 0 Å². The largest absolute Gasteiger partial charge is 0.352 e.